The lowest BCUT2D eigenvalue weighted by Gasteiger charge is -2.02. The minimum Gasteiger partial charge on any atom is -0.370 e. The van der Waals surface area contributed by atoms with Gasteiger partial charge in [-0.05, 0) is 35.4 Å². The van der Waals surface area contributed by atoms with Crippen molar-refractivity contribution in [2.24, 2.45) is 5.73 Å². The normalized spacial score (nSPS) is 9.56. The Hall–Kier alpha value is -1.52. The average molecular weight is 260 g/mol. The van der Waals surface area contributed by atoms with Crippen molar-refractivity contribution >= 4 is 47.0 Å². The minimum atomic E-state index is -0.513. The number of hydrogen-bond acceptors (Lipinski definition) is 2. The summed E-state index contributed by atoms with van der Waals surface area (Å²) < 4.78 is 0. The second kappa shape index (κ2) is 6.87. The topological polar surface area (TPSA) is 79.0 Å². The van der Waals surface area contributed by atoms with Gasteiger partial charge in [-0.2, -0.15) is 0 Å². The fourth-order valence-corrected chi connectivity index (χ4v) is 1.06. The maximum Gasteiger partial charge on any atom is 0.245 e. The first-order chi connectivity index (χ1) is 7.08. The summed E-state index contributed by atoms with van der Waals surface area (Å²) >= 11 is 5.15. The summed E-state index contributed by atoms with van der Waals surface area (Å²) in [7, 11) is 0. The number of nitrogens with two attached hydrogens (primary N) is 1. The maximum absolute atomic E-state index is 10.5. The number of guanidine groups is 1. The summed E-state index contributed by atoms with van der Waals surface area (Å²) in [6.45, 7) is 0. The molecule has 0 radical (unpaired) electrons. The third-order valence-electron chi connectivity index (χ3n) is 1.60. The third-order valence-corrected chi connectivity index (χ3v) is 1.72. The van der Waals surface area contributed by atoms with Crippen LogP contribution in [0.25, 0.3) is 6.08 Å². The zero-order valence-electron chi connectivity index (χ0n) is 8.24. The monoisotopic (exact) mass is 259 g/mol. The molecule has 0 aliphatic heterocycles. The molecule has 1 aromatic carbocycles. The Kier molecular flexibility index (Phi) is 6.22. The summed E-state index contributed by atoms with van der Waals surface area (Å²) in [6.07, 6.45) is 2.88. The van der Waals surface area contributed by atoms with E-state index in [-0.39, 0.29) is 18.4 Å². The Labute approximate surface area is 104 Å². The van der Waals surface area contributed by atoms with E-state index in [2.05, 4.69) is 5.32 Å². The molecule has 0 unspecified atom stereocenters. The van der Waals surface area contributed by atoms with E-state index < -0.39 is 5.24 Å². The molecule has 0 fully saturated rings. The molecule has 86 valence electrons. The maximum atomic E-state index is 10.5. The molecule has 0 aromatic heterocycles. The molecule has 16 heavy (non-hydrogen) atoms. The van der Waals surface area contributed by atoms with E-state index in [0.717, 1.165) is 11.3 Å². The molecular weight excluding hydrogens is 249 g/mol. The fraction of sp³-hybridized carbons (Fsp3) is 0. The third kappa shape index (κ3) is 5.38. The van der Waals surface area contributed by atoms with Crippen LogP contribution in [0.1, 0.15) is 5.56 Å². The summed E-state index contributed by atoms with van der Waals surface area (Å²) in [5.41, 5.74) is 6.72. The molecule has 0 aliphatic rings. The van der Waals surface area contributed by atoms with Crippen LogP contribution in [0.15, 0.2) is 30.3 Å². The van der Waals surface area contributed by atoms with Gasteiger partial charge < -0.3 is 11.1 Å². The summed E-state index contributed by atoms with van der Waals surface area (Å²) in [5, 5.41) is 9.14. The van der Waals surface area contributed by atoms with Crippen LogP contribution in [-0.4, -0.2) is 11.2 Å². The Morgan fingerprint density at radius 1 is 1.38 bits per heavy atom. The van der Waals surface area contributed by atoms with Gasteiger partial charge in [-0.3, -0.25) is 10.2 Å². The quantitative estimate of drug-likeness (QED) is 0.337. The fourth-order valence-electron chi connectivity index (χ4n) is 0.995. The molecule has 0 heterocycles. The molecule has 1 aromatic rings. The van der Waals surface area contributed by atoms with Crippen LogP contribution in [0.3, 0.4) is 0 Å². The van der Waals surface area contributed by atoms with Gasteiger partial charge in [0.25, 0.3) is 0 Å². The van der Waals surface area contributed by atoms with Crippen LogP contribution < -0.4 is 11.1 Å². The highest BCUT2D eigenvalue weighted by Crippen LogP contribution is 2.10. The number of nitrogens with one attached hydrogen (secondary N) is 2. The first-order valence-corrected chi connectivity index (χ1v) is 4.54. The lowest BCUT2D eigenvalue weighted by atomic mass is 10.2. The predicted molar refractivity (Wildman–Crippen MR) is 69.1 cm³/mol. The second-order valence-corrected chi connectivity index (χ2v) is 3.17. The zero-order chi connectivity index (χ0) is 11.3. The van der Waals surface area contributed by atoms with Crippen molar-refractivity contribution in [3.05, 3.63) is 35.9 Å². The molecule has 0 saturated heterocycles. The van der Waals surface area contributed by atoms with E-state index in [1.54, 1.807) is 30.3 Å². The molecule has 4 N–H and O–H groups in total. The van der Waals surface area contributed by atoms with Crippen LogP contribution >= 0.6 is 24.0 Å². The van der Waals surface area contributed by atoms with E-state index >= 15 is 0 Å². The van der Waals surface area contributed by atoms with Gasteiger partial charge >= 0.3 is 0 Å². The number of allylic oxidation sites excluding steroid dienone is 1. The van der Waals surface area contributed by atoms with E-state index in [4.69, 9.17) is 22.7 Å². The number of rotatable bonds is 3. The van der Waals surface area contributed by atoms with E-state index in [0.29, 0.717) is 0 Å². The lowest BCUT2D eigenvalue weighted by molar-refractivity contribution is -0.107. The largest absolute Gasteiger partial charge is 0.370 e. The van der Waals surface area contributed by atoms with Crippen LogP contribution in [0, 0.1) is 5.41 Å². The molecule has 0 aliphatic carbocycles. The molecule has 4 nitrogen and oxygen atoms in total. The number of benzene rings is 1. The highest BCUT2D eigenvalue weighted by molar-refractivity contribution is 6.66. The van der Waals surface area contributed by atoms with Crippen molar-refractivity contribution in [2.45, 2.75) is 0 Å². The van der Waals surface area contributed by atoms with Crippen molar-refractivity contribution in [3.63, 3.8) is 0 Å². The van der Waals surface area contributed by atoms with Crippen molar-refractivity contribution in [3.8, 4) is 0 Å². The van der Waals surface area contributed by atoms with Gasteiger partial charge in [0.05, 0.1) is 0 Å². The Morgan fingerprint density at radius 3 is 2.38 bits per heavy atom. The molecule has 0 bridgehead atoms. The van der Waals surface area contributed by atoms with Crippen LogP contribution in [0.2, 0.25) is 0 Å². The van der Waals surface area contributed by atoms with Gasteiger partial charge in [-0.25, -0.2) is 0 Å². The minimum absolute atomic E-state index is 0. The van der Waals surface area contributed by atoms with Crippen molar-refractivity contribution in [1.29, 1.82) is 5.41 Å². The van der Waals surface area contributed by atoms with Crippen molar-refractivity contribution in [1.82, 2.24) is 0 Å². The van der Waals surface area contributed by atoms with E-state index in [1.165, 1.54) is 6.08 Å². The summed E-state index contributed by atoms with van der Waals surface area (Å²) in [6, 6.07) is 7.06. The number of halogens is 2. The van der Waals surface area contributed by atoms with Gasteiger partial charge in [-0.1, -0.05) is 18.2 Å². The molecule has 6 heteroatoms. The number of carbonyl (C=O) groups is 1. The Bertz CT molecular complexity index is 401. The molecule has 1 rings (SSSR count). The molecular formula is C10H11Cl2N3O. The van der Waals surface area contributed by atoms with E-state index in [1.807, 2.05) is 0 Å². The van der Waals surface area contributed by atoms with Gasteiger partial charge in [0, 0.05) is 5.69 Å². The Morgan fingerprint density at radius 2 is 1.94 bits per heavy atom. The van der Waals surface area contributed by atoms with E-state index in [9.17, 15) is 4.79 Å². The standard InChI is InChI=1S/C10H10ClN3O.ClH/c11-9(15)6-3-7-1-4-8(5-2-7)14-10(12)13;/h1-6H,(H4,12,13,14);1H. The SMILES string of the molecule is Cl.N=C(N)Nc1ccc(C=CC(=O)Cl)cc1. The van der Waals surface area contributed by atoms with Crippen LogP contribution in [0.5, 0.6) is 0 Å². The first-order valence-electron chi connectivity index (χ1n) is 4.16. The molecule has 0 amide bonds. The average Bonchev–Trinajstić information content (AvgIpc) is 2.16. The van der Waals surface area contributed by atoms with Crippen LogP contribution in [-0.2, 0) is 4.79 Å². The highest BCUT2D eigenvalue weighted by atomic mass is 35.5. The number of hydrogen-bond donors (Lipinski definition) is 3. The van der Waals surface area contributed by atoms with Crippen LogP contribution in [0.4, 0.5) is 5.69 Å². The highest BCUT2D eigenvalue weighted by Gasteiger charge is 1.93. The molecule has 0 spiro atoms. The summed E-state index contributed by atoms with van der Waals surface area (Å²) in [4.78, 5) is 10.5. The smallest absolute Gasteiger partial charge is 0.245 e. The van der Waals surface area contributed by atoms with Gasteiger partial charge in [-0.15, -0.1) is 12.4 Å². The van der Waals surface area contributed by atoms with Crippen molar-refractivity contribution in [2.75, 3.05) is 5.32 Å². The summed E-state index contributed by atoms with van der Waals surface area (Å²) in [5.74, 6) is -0.116. The lowest BCUT2D eigenvalue weighted by Crippen LogP contribution is -2.20. The first kappa shape index (κ1) is 14.5. The molecule has 0 saturated carbocycles. The van der Waals surface area contributed by atoms with Gasteiger partial charge in [0.2, 0.25) is 5.24 Å². The zero-order valence-corrected chi connectivity index (χ0v) is 9.81. The molecule has 0 atom stereocenters. The van der Waals surface area contributed by atoms with Gasteiger partial charge in [0.1, 0.15) is 0 Å². The second-order valence-electron chi connectivity index (χ2n) is 2.80. The number of anilines is 1. The predicted octanol–water partition coefficient (Wildman–Crippen LogP) is 2.19. The Balaban J connectivity index is 0.00000225. The number of carbonyl (C=O) groups excluding carboxylic acids is 1. The van der Waals surface area contributed by atoms with Crippen molar-refractivity contribution < 1.29 is 4.79 Å². The van der Waals surface area contributed by atoms with Gasteiger partial charge in [0.15, 0.2) is 5.96 Å².